The van der Waals surface area contributed by atoms with E-state index in [-0.39, 0.29) is 65.3 Å². The van der Waals surface area contributed by atoms with Gasteiger partial charge in [-0.15, -0.1) is 0 Å². The van der Waals surface area contributed by atoms with Crippen LogP contribution in [0.2, 0.25) is 0 Å². The Hall–Kier alpha value is -8.94. The number of aromatic amines is 1. The number of methoxy groups -OCH3 is 3. The number of esters is 1. The molecule has 6 aromatic rings. The molecule has 0 radical (unpaired) electrons. The van der Waals surface area contributed by atoms with Crippen LogP contribution in [0.15, 0.2) is 114 Å². The molecule has 1 saturated heterocycles. The third kappa shape index (κ3) is 15.1. The van der Waals surface area contributed by atoms with Gasteiger partial charge in [0, 0.05) is 30.6 Å². The molecule has 4 aromatic carbocycles. The maximum Gasteiger partial charge on any atom is 0.471 e. The molecule has 1 aliphatic heterocycles. The highest BCUT2D eigenvalue weighted by molar-refractivity contribution is 6.00. The van der Waals surface area contributed by atoms with Crippen LogP contribution in [0, 0.1) is 6.92 Å². The van der Waals surface area contributed by atoms with Crippen LogP contribution in [-0.2, 0) is 45.6 Å². The number of carboxylic acids is 1. The molecule has 25 heteroatoms. The summed E-state index contributed by atoms with van der Waals surface area (Å²) in [5, 5.41) is 27.6. The van der Waals surface area contributed by atoms with E-state index < -0.39 is 89.7 Å². The number of unbranched alkanes of at least 4 members (excludes halogenated alkanes) is 2. The molecular weight excluding hydrogens is 1080 g/mol. The summed E-state index contributed by atoms with van der Waals surface area (Å²) in [6, 6.07) is 26.4. The van der Waals surface area contributed by atoms with Crippen LogP contribution in [0.4, 0.5) is 24.8 Å². The fourth-order valence-corrected chi connectivity index (χ4v) is 9.32. The van der Waals surface area contributed by atoms with Gasteiger partial charge in [-0.25, -0.2) is 14.8 Å². The van der Waals surface area contributed by atoms with Crippen molar-refractivity contribution in [3.05, 3.63) is 155 Å². The molecular formula is C57H61F3N9O13+. The molecule has 1 aliphatic rings. The summed E-state index contributed by atoms with van der Waals surface area (Å²) in [6.07, 6.45) is -3.75. The van der Waals surface area contributed by atoms with E-state index in [2.05, 4.69) is 47.5 Å². The first kappa shape index (κ1) is 60.7. The lowest BCUT2D eigenvalue weighted by Crippen LogP contribution is -2.42. The highest BCUT2D eigenvalue weighted by atomic mass is 19.4. The highest BCUT2D eigenvalue weighted by Gasteiger charge is 2.44. The second kappa shape index (κ2) is 27.5. The number of hydrogen-bond donors (Lipinski definition) is 6. The minimum Gasteiger partial charge on any atom is -0.497 e. The number of rotatable bonds is 26. The quantitative estimate of drug-likeness (QED) is 0.0176. The standard InChI is InChI=1S/C57H60F3N9O13/c1-34(61-28-10-6-9-13-46(71)68-32-42(70)29-41(68)33-82-56(36-11-7-5-8-12-36,37-16-22-43(79-2)23-17-37)38-18-24-44(80-3)25-19-38)50(74)66-55-65-49-48(52(76)67-55)63-39(30-62-49)31-69(54(78)57(58,59)60)40-20-14-35(15-21-40)51(75)64-45(53(77)81-4)26-27-47(72)73/h5,7-8,11-12,14-25,30,34,41-42,45,61,70H,1,6,9-10,13,26-29,31-33H2,2-4H3,(H3-,62,64,65,66,67,72,73,74,75,76)/p+1/t34?,41-,42+,45-/m0/s1. The SMILES string of the molecule is [CH2+]C(NCCCCCC(=O)N1C[C@H](O)C[C@H]1COC(c1ccccc1)(c1ccc(OC)cc1)c1ccc(OC)cc1)C(=O)Nc1nc2ncc(CN(C(=O)C(F)(F)F)c3ccc(C(=O)N[C@@H](CCC(=O)O)C(=O)OC)cc3)nc2c(=O)[nH]1. The summed E-state index contributed by atoms with van der Waals surface area (Å²) in [6.45, 7) is 3.56. The van der Waals surface area contributed by atoms with Gasteiger partial charge < -0.3 is 39.4 Å². The number of ether oxygens (including phenoxy) is 4. The number of anilines is 2. The van der Waals surface area contributed by atoms with Gasteiger partial charge in [-0.3, -0.25) is 49.3 Å². The zero-order valence-electron chi connectivity index (χ0n) is 44.9. The van der Waals surface area contributed by atoms with Crippen LogP contribution >= 0.6 is 0 Å². The van der Waals surface area contributed by atoms with E-state index in [1.54, 1.807) is 19.1 Å². The van der Waals surface area contributed by atoms with E-state index in [0.29, 0.717) is 43.7 Å². The lowest BCUT2D eigenvalue weighted by Gasteiger charge is -2.38. The van der Waals surface area contributed by atoms with Gasteiger partial charge in [0.2, 0.25) is 17.9 Å². The molecule has 4 atom stereocenters. The average Bonchev–Trinajstić information content (AvgIpc) is 3.65. The Labute approximate surface area is 468 Å². The van der Waals surface area contributed by atoms with E-state index in [0.717, 1.165) is 54.3 Å². The Balaban J connectivity index is 0.914. The fraction of sp³-hybridized carbons (Fsp3) is 0.351. The third-order valence-electron chi connectivity index (χ3n) is 13.5. The number of fused-ring (bicyclic) bond motifs is 1. The van der Waals surface area contributed by atoms with E-state index in [1.807, 2.05) is 78.9 Å². The second-order valence-electron chi connectivity index (χ2n) is 19.1. The Morgan fingerprint density at radius 1 is 0.841 bits per heavy atom. The van der Waals surface area contributed by atoms with Crippen molar-refractivity contribution in [2.75, 3.05) is 51.2 Å². The van der Waals surface area contributed by atoms with Gasteiger partial charge in [-0.05, 0) is 97.4 Å². The molecule has 7 rings (SSSR count). The Morgan fingerprint density at radius 3 is 2.07 bits per heavy atom. The van der Waals surface area contributed by atoms with E-state index in [1.165, 1.54) is 0 Å². The maximum atomic E-state index is 13.9. The van der Waals surface area contributed by atoms with Crippen LogP contribution in [0.3, 0.4) is 0 Å². The molecule has 6 N–H and O–H groups in total. The Bertz CT molecular complexity index is 3210. The predicted octanol–water partition coefficient (Wildman–Crippen LogP) is 5.22. The smallest absolute Gasteiger partial charge is 0.471 e. The number of carbonyl (C=O) groups excluding carboxylic acids is 5. The molecule has 1 fully saturated rings. The second-order valence-corrected chi connectivity index (χ2v) is 19.1. The molecule has 22 nitrogen and oxygen atoms in total. The molecule has 3 heterocycles. The van der Waals surface area contributed by atoms with Gasteiger partial charge in [0.1, 0.15) is 23.1 Å². The van der Waals surface area contributed by atoms with Crippen molar-refractivity contribution in [2.45, 2.75) is 87.5 Å². The summed E-state index contributed by atoms with van der Waals surface area (Å²) in [7, 11) is 4.22. The monoisotopic (exact) mass is 1140 g/mol. The number of alkyl halides is 3. The number of β-amino-alcohol motifs (C(OH)–C–C–N with tert-alkyl or cyclic N) is 1. The summed E-state index contributed by atoms with van der Waals surface area (Å²) in [5.74, 6) is -5.19. The van der Waals surface area contributed by atoms with Gasteiger partial charge >= 0.3 is 24.0 Å². The fourth-order valence-electron chi connectivity index (χ4n) is 9.32. The molecule has 0 saturated carbocycles. The molecule has 0 spiro atoms. The number of aliphatic hydroxyl groups is 1. The lowest BCUT2D eigenvalue weighted by atomic mass is 9.80. The van der Waals surface area contributed by atoms with Crippen molar-refractivity contribution < 1.29 is 71.1 Å². The first-order valence-corrected chi connectivity index (χ1v) is 25.9. The number of nitrogens with zero attached hydrogens (tertiary/aromatic N) is 5. The van der Waals surface area contributed by atoms with Gasteiger partial charge in [-0.1, -0.05) is 61.0 Å². The lowest BCUT2D eigenvalue weighted by molar-refractivity contribution is -0.170. The van der Waals surface area contributed by atoms with Crippen LogP contribution in [0.5, 0.6) is 11.5 Å². The Morgan fingerprint density at radius 2 is 1.48 bits per heavy atom. The number of benzene rings is 4. The van der Waals surface area contributed by atoms with E-state index in [9.17, 15) is 51.8 Å². The van der Waals surface area contributed by atoms with Gasteiger partial charge in [0.05, 0.1) is 65.4 Å². The normalized spacial score (nSPS) is 15.0. The van der Waals surface area contributed by atoms with Crippen molar-refractivity contribution in [1.29, 1.82) is 0 Å². The summed E-state index contributed by atoms with van der Waals surface area (Å²) < 4.78 is 64.2. The van der Waals surface area contributed by atoms with Crippen molar-refractivity contribution in [3.8, 4) is 11.5 Å². The predicted molar refractivity (Wildman–Crippen MR) is 290 cm³/mol. The zero-order valence-corrected chi connectivity index (χ0v) is 44.9. The zero-order chi connectivity index (χ0) is 59.1. The number of likely N-dealkylation sites (tertiary alicyclic amines) is 1. The first-order chi connectivity index (χ1) is 39.2. The molecule has 0 aliphatic carbocycles. The number of aromatic nitrogens is 4. The summed E-state index contributed by atoms with van der Waals surface area (Å²) in [4.78, 5) is 105. The van der Waals surface area contributed by atoms with Crippen molar-refractivity contribution in [2.24, 2.45) is 0 Å². The molecule has 0 bridgehead atoms. The topological polar surface area (TPSA) is 294 Å². The number of carboxylic acid groups (broad SMARTS) is 1. The average molecular weight is 1140 g/mol. The van der Waals surface area contributed by atoms with Crippen molar-refractivity contribution in [3.63, 3.8) is 0 Å². The number of aliphatic carboxylic acids is 1. The summed E-state index contributed by atoms with van der Waals surface area (Å²) in [5.41, 5.74) is -1.05. The number of carbonyl (C=O) groups is 6. The minimum atomic E-state index is -5.38. The van der Waals surface area contributed by atoms with Crippen LogP contribution < -0.4 is 35.9 Å². The number of amides is 4. The molecule has 1 unspecified atom stereocenters. The molecule has 82 heavy (non-hydrogen) atoms. The number of halogens is 3. The number of nitrogens with one attached hydrogen (secondary N) is 4. The molecule has 4 amide bonds. The largest absolute Gasteiger partial charge is 0.497 e. The number of aliphatic hydroxyl groups excluding tert-OH is 1. The first-order valence-electron chi connectivity index (χ1n) is 25.9. The molecule has 2 aromatic heterocycles. The van der Waals surface area contributed by atoms with E-state index >= 15 is 0 Å². The Kier molecular flexibility index (Phi) is 20.3. The minimum absolute atomic E-state index is 0.107. The maximum absolute atomic E-state index is 13.9. The van der Waals surface area contributed by atoms with Gasteiger partial charge in [0.25, 0.3) is 17.4 Å². The number of H-pyrrole nitrogens is 1. The molecule has 432 valence electrons. The van der Waals surface area contributed by atoms with Crippen molar-refractivity contribution in [1.82, 2.24) is 35.5 Å². The van der Waals surface area contributed by atoms with Gasteiger partial charge in [0.15, 0.2) is 11.2 Å². The van der Waals surface area contributed by atoms with Gasteiger partial charge in [-0.2, -0.15) is 18.2 Å². The van der Waals surface area contributed by atoms with Crippen LogP contribution in [-0.4, -0.2) is 142 Å². The van der Waals surface area contributed by atoms with Crippen LogP contribution in [0.1, 0.15) is 77.7 Å². The number of hydrogen-bond acceptors (Lipinski definition) is 16. The highest BCUT2D eigenvalue weighted by Crippen LogP contribution is 2.42. The van der Waals surface area contributed by atoms with Crippen LogP contribution in [0.25, 0.3) is 11.2 Å². The van der Waals surface area contributed by atoms with E-state index in [4.69, 9.17) is 19.3 Å². The summed E-state index contributed by atoms with van der Waals surface area (Å²) >= 11 is 0. The third-order valence-corrected chi connectivity index (χ3v) is 13.5. The van der Waals surface area contributed by atoms with Crippen molar-refractivity contribution >= 4 is 58.4 Å².